The summed E-state index contributed by atoms with van der Waals surface area (Å²) in [7, 11) is -7.63. The lowest BCUT2D eigenvalue weighted by Gasteiger charge is -2.38. The summed E-state index contributed by atoms with van der Waals surface area (Å²) >= 11 is 15.6. The van der Waals surface area contributed by atoms with Crippen LogP contribution in [-0.2, 0) is 0 Å². The molecule has 0 aliphatic carbocycles. The zero-order valence-electron chi connectivity index (χ0n) is 49.2. The molecule has 12 heteroatoms. The van der Waals surface area contributed by atoms with E-state index < -0.39 is 32.3 Å². The summed E-state index contributed by atoms with van der Waals surface area (Å²) in [5.41, 5.74) is 27.8. The van der Waals surface area contributed by atoms with Crippen LogP contribution in [0.3, 0.4) is 0 Å². The molecule has 0 N–H and O–H groups in total. The summed E-state index contributed by atoms with van der Waals surface area (Å²) in [5.74, 6) is 19.8. The van der Waals surface area contributed by atoms with Crippen LogP contribution in [0.25, 0.3) is 24.3 Å². The van der Waals surface area contributed by atoms with Crippen molar-refractivity contribution in [2.24, 2.45) is 0 Å². The molecular weight excluding hydrogens is 1110 g/mol. The van der Waals surface area contributed by atoms with Gasteiger partial charge in [0, 0.05) is 22.3 Å². The number of hydrogen-bond donors (Lipinski definition) is 0. The van der Waals surface area contributed by atoms with Crippen LogP contribution < -0.4 is 0 Å². The van der Waals surface area contributed by atoms with Gasteiger partial charge in [0.1, 0.15) is 32.3 Å². The van der Waals surface area contributed by atoms with E-state index in [-0.39, 0.29) is 0 Å². The summed E-state index contributed by atoms with van der Waals surface area (Å²) < 4.78 is 8.33. The van der Waals surface area contributed by atoms with E-state index >= 15 is 0 Å². The lowest BCUT2D eigenvalue weighted by Crippen LogP contribution is -2.43. The Labute approximate surface area is 492 Å². The zero-order valence-corrected chi connectivity index (χ0v) is 59.7. The average Bonchev–Trinajstić information content (AvgIpc) is 3.86. The first-order valence-electron chi connectivity index (χ1n) is 27.0. The Hall–Kier alpha value is -0.952. The Kier molecular flexibility index (Phi) is 26.1. The monoisotopic (exact) mass is 1200 g/mol. The van der Waals surface area contributed by atoms with Gasteiger partial charge in [0.15, 0.2) is 0 Å². The van der Waals surface area contributed by atoms with Gasteiger partial charge in [0.2, 0.25) is 0 Å². The second-order valence-corrected chi connectivity index (χ2v) is 54.4. The maximum atomic E-state index is 4.14. The van der Waals surface area contributed by atoms with E-state index in [1.807, 2.05) is 94.1 Å². The smallest absolute Gasteiger partial charge is 0.127 e. The van der Waals surface area contributed by atoms with Crippen LogP contribution in [0.2, 0.25) is 72.5 Å². The molecule has 0 unspecified atom stereocenters. The lowest BCUT2D eigenvalue weighted by molar-refractivity contribution is 0.838. The van der Waals surface area contributed by atoms with Crippen LogP contribution in [0.15, 0.2) is 49.7 Å². The van der Waals surface area contributed by atoms with Crippen molar-refractivity contribution in [3.63, 3.8) is 0 Å². The van der Waals surface area contributed by atoms with Crippen molar-refractivity contribution in [2.75, 3.05) is 23.0 Å². The standard InChI is InChI=1S/C62H88S8Si4/c1-23-63-59-60(64-24-2)68-57(67-59)41-55-40-52(31-35-73(43(5)6,44(7)8)45(9)10)50(37-53(55)30-34-72(20,21)22)28-27-49-38-54(32-36-74(46(11)12,47(13)14)48(15)16)56(39-51(49)29-33-71(17,18)19)42-58-69-61(65-25-3)62(70-58)66-26-4/h27-28,37-48H,23-26H2,1-22H3/b28-27+. The number of benzene rings is 2. The largest absolute Gasteiger partial charge is 0.146 e. The van der Waals surface area contributed by atoms with E-state index in [1.54, 1.807) is 0 Å². The molecule has 400 valence electrons. The minimum absolute atomic E-state index is 0.522. The molecule has 2 aromatic rings. The first kappa shape index (κ1) is 65.6. The summed E-state index contributed by atoms with van der Waals surface area (Å²) in [5, 5.41) is 0. The van der Waals surface area contributed by atoms with Crippen LogP contribution in [0.1, 0.15) is 155 Å². The van der Waals surface area contributed by atoms with E-state index in [4.69, 9.17) is 0 Å². The summed E-state index contributed by atoms with van der Waals surface area (Å²) in [6, 6.07) is 9.46. The van der Waals surface area contributed by atoms with Crippen molar-refractivity contribution in [1.29, 1.82) is 0 Å². The normalized spacial score (nSPS) is 14.6. The van der Waals surface area contributed by atoms with Crippen LogP contribution >= 0.6 is 94.1 Å². The molecule has 0 amide bonds. The Morgan fingerprint density at radius 3 is 0.838 bits per heavy atom. The van der Waals surface area contributed by atoms with E-state index in [1.165, 1.54) is 25.4 Å². The molecule has 2 heterocycles. The quantitative estimate of drug-likeness (QED) is 0.0812. The van der Waals surface area contributed by atoms with Gasteiger partial charge < -0.3 is 0 Å². The summed E-state index contributed by atoms with van der Waals surface area (Å²) in [6.45, 7) is 52.1. The lowest BCUT2D eigenvalue weighted by atomic mass is 9.95. The fraction of sp³-hybridized carbons (Fsp3) is 0.516. The predicted molar refractivity (Wildman–Crippen MR) is 371 cm³/mol. The summed E-state index contributed by atoms with van der Waals surface area (Å²) in [6.07, 6.45) is 9.47. The van der Waals surface area contributed by atoms with Gasteiger partial charge in [-0.2, -0.15) is 0 Å². The van der Waals surface area contributed by atoms with E-state index in [2.05, 4.69) is 244 Å². The molecule has 2 aliphatic rings. The molecule has 0 bridgehead atoms. The molecule has 0 nitrogen and oxygen atoms in total. The highest BCUT2D eigenvalue weighted by Crippen LogP contribution is 2.59. The molecule has 2 aromatic carbocycles. The third kappa shape index (κ3) is 17.8. The molecule has 74 heavy (non-hydrogen) atoms. The van der Waals surface area contributed by atoms with Gasteiger partial charge in [-0.15, -0.1) is 69.2 Å². The zero-order chi connectivity index (χ0) is 55.3. The second-order valence-electron chi connectivity index (χ2n) is 22.9. The SMILES string of the molecule is CCSC1=C(SCC)SC(=Cc2cc(C#C[Si](C)(C)C)c(/C=C/c3cc(C#C[Si](C)(C)C)c(C=C4SC(SCC)=C(SCC)S4)cc3C#C[Si](C(C)C)(C(C)C)C(C)C)cc2C#C[Si](C(C)C)(C(C)C)C(C)C)S1. The Bertz CT molecular complexity index is 2660. The van der Waals surface area contributed by atoms with Gasteiger partial charge >= 0.3 is 0 Å². The van der Waals surface area contributed by atoms with Crippen molar-refractivity contribution < 1.29 is 0 Å². The Morgan fingerprint density at radius 1 is 0.378 bits per heavy atom. The van der Waals surface area contributed by atoms with Gasteiger partial charge in [-0.1, -0.05) is 233 Å². The number of hydrogen-bond acceptors (Lipinski definition) is 8. The van der Waals surface area contributed by atoms with E-state index in [0.717, 1.165) is 67.5 Å². The van der Waals surface area contributed by atoms with Crippen LogP contribution in [-0.4, -0.2) is 55.3 Å². The molecule has 0 fully saturated rings. The molecule has 0 saturated heterocycles. The minimum Gasteiger partial charge on any atom is -0.127 e. The highest BCUT2D eigenvalue weighted by molar-refractivity contribution is 8.41. The van der Waals surface area contributed by atoms with Gasteiger partial charge in [-0.3, -0.25) is 0 Å². The Balaban J connectivity index is 2.18. The number of thioether (sulfide) groups is 8. The van der Waals surface area contributed by atoms with Gasteiger partial charge in [-0.25, -0.2) is 0 Å². The third-order valence-corrected chi connectivity index (χ3v) is 38.0. The molecule has 0 radical (unpaired) electrons. The van der Waals surface area contributed by atoms with Crippen molar-refractivity contribution in [3.05, 3.63) is 94.2 Å². The van der Waals surface area contributed by atoms with Crippen molar-refractivity contribution >= 4 is 151 Å². The van der Waals surface area contributed by atoms with Crippen molar-refractivity contribution in [2.45, 2.75) is 183 Å². The van der Waals surface area contributed by atoms with E-state index in [0.29, 0.717) is 33.2 Å². The molecule has 0 saturated carbocycles. The fourth-order valence-electron chi connectivity index (χ4n) is 9.94. The second kappa shape index (κ2) is 29.5. The molecule has 2 aliphatic heterocycles. The first-order valence-corrected chi connectivity index (χ1v) is 45.6. The summed E-state index contributed by atoms with van der Waals surface area (Å²) in [4.78, 5) is 0. The molecule has 0 atom stereocenters. The first-order chi connectivity index (χ1) is 34.7. The van der Waals surface area contributed by atoms with Crippen LogP contribution in [0, 0.1) is 45.9 Å². The van der Waals surface area contributed by atoms with Crippen LogP contribution in [0.5, 0.6) is 0 Å². The topological polar surface area (TPSA) is 0 Å². The fourth-order valence-corrected chi connectivity index (χ4v) is 32.5. The minimum atomic E-state index is -2.08. The molecule has 0 aromatic heterocycles. The highest BCUT2D eigenvalue weighted by atomic mass is 32.3. The molecule has 0 spiro atoms. The van der Waals surface area contributed by atoms with E-state index in [9.17, 15) is 0 Å². The van der Waals surface area contributed by atoms with Gasteiger partial charge in [0.25, 0.3) is 0 Å². The maximum Gasteiger partial charge on any atom is 0.146 e. The van der Waals surface area contributed by atoms with Crippen molar-refractivity contribution in [3.8, 4) is 45.9 Å². The Morgan fingerprint density at radius 2 is 0.608 bits per heavy atom. The predicted octanol–water partition coefficient (Wildman–Crippen LogP) is 22.3. The highest BCUT2D eigenvalue weighted by Gasteiger charge is 2.43. The third-order valence-electron chi connectivity index (χ3n) is 13.3. The molecular formula is C62H88S8Si4. The van der Waals surface area contributed by atoms with Crippen LogP contribution in [0.4, 0.5) is 0 Å². The van der Waals surface area contributed by atoms with Gasteiger partial charge in [0.05, 0.1) is 25.4 Å². The molecule has 4 rings (SSSR count). The van der Waals surface area contributed by atoms with Gasteiger partial charge in [-0.05, 0) is 115 Å². The van der Waals surface area contributed by atoms with Crippen molar-refractivity contribution in [1.82, 2.24) is 0 Å². The average molecular weight is 1200 g/mol. The number of rotatable bonds is 18. The maximum absolute atomic E-state index is 4.14.